The molecule has 0 saturated carbocycles. The molecule has 0 saturated heterocycles. The first-order chi connectivity index (χ1) is 26.4. The molecule has 3 nitrogen and oxygen atoms in total. The van der Waals surface area contributed by atoms with Gasteiger partial charge >= 0.3 is 0 Å². The summed E-state index contributed by atoms with van der Waals surface area (Å²) in [7, 11) is 0. The molecule has 0 fully saturated rings. The van der Waals surface area contributed by atoms with E-state index in [4.69, 9.17) is 4.42 Å². The van der Waals surface area contributed by atoms with Gasteiger partial charge in [-0.2, -0.15) is 0 Å². The third-order valence-corrected chi connectivity index (χ3v) is 14.7. The molecule has 0 bridgehead atoms. The first-order valence-corrected chi connectivity index (χ1v) is 21.7. The summed E-state index contributed by atoms with van der Waals surface area (Å²) < 4.78 is 7.56. The van der Waals surface area contributed by atoms with Gasteiger partial charge in [0.1, 0.15) is 5.76 Å². The molecule has 1 aromatic heterocycles. The maximum atomic E-state index is 7.56. The van der Waals surface area contributed by atoms with E-state index in [9.17, 15) is 0 Å². The minimum Gasteiger partial charge on any atom is -0.444 e. The van der Waals surface area contributed by atoms with Crippen LogP contribution in [0.3, 0.4) is 0 Å². The van der Waals surface area contributed by atoms with Crippen molar-refractivity contribution in [3.05, 3.63) is 112 Å². The topological polar surface area (TPSA) is 19.6 Å². The van der Waals surface area contributed by atoms with Crippen LogP contribution in [0.1, 0.15) is 162 Å². The number of benzene rings is 4. The van der Waals surface area contributed by atoms with E-state index in [0.717, 1.165) is 18.7 Å². The second-order valence-corrected chi connectivity index (χ2v) is 22.9. The van der Waals surface area contributed by atoms with E-state index < -0.39 is 0 Å². The van der Waals surface area contributed by atoms with Crippen molar-refractivity contribution in [2.75, 3.05) is 9.80 Å². The molecule has 5 aromatic rings. The van der Waals surface area contributed by atoms with Crippen LogP contribution >= 0.6 is 0 Å². The highest BCUT2D eigenvalue weighted by molar-refractivity contribution is 7.00. The molecule has 4 aromatic carbocycles. The fraction of sp³-hybridized carbons (Fsp3) is 0.472. The zero-order valence-electron chi connectivity index (χ0n) is 37.6. The van der Waals surface area contributed by atoms with E-state index in [1.807, 2.05) is 0 Å². The zero-order chi connectivity index (χ0) is 41.0. The predicted octanol–water partition coefficient (Wildman–Crippen LogP) is 13.0. The molecule has 296 valence electrons. The number of aryl methyl sites for hydroxylation is 1. The molecule has 4 aliphatic rings. The van der Waals surface area contributed by atoms with Crippen LogP contribution in [0.15, 0.2) is 77.2 Å². The average molecular weight is 757 g/mol. The SMILES string of the molecule is Cc1cc2c3c(c1)N(c1ccc4c(c1)C(C)(C)CCC4(C)C)c1oc4c(c1B3c1cc(C(C)(C)C)ccc1N2c1ccc(C(C)(C)C)cc1)C(C)(C)CCC4(C)C. The van der Waals surface area contributed by atoms with Gasteiger partial charge in [-0.1, -0.05) is 127 Å². The molecule has 3 heterocycles. The number of hydrogen-bond donors (Lipinski definition) is 0. The van der Waals surface area contributed by atoms with Crippen molar-refractivity contribution in [3.63, 3.8) is 0 Å². The summed E-state index contributed by atoms with van der Waals surface area (Å²) >= 11 is 0. The Bertz CT molecular complexity index is 2460. The molecule has 57 heavy (non-hydrogen) atoms. The van der Waals surface area contributed by atoms with Gasteiger partial charge in [0.25, 0.3) is 6.71 Å². The molecule has 0 radical (unpaired) electrons. The fourth-order valence-corrected chi connectivity index (χ4v) is 10.8. The van der Waals surface area contributed by atoms with Crippen molar-refractivity contribution >= 4 is 57.4 Å². The number of anilines is 6. The van der Waals surface area contributed by atoms with Gasteiger partial charge in [-0.25, -0.2) is 0 Å². The van der Waals surface area contributed by atoms with Crippen LogP contribution < -0.4 is 26.2 Å². The Morgan fingerprint density at radius 1 is 0.526 bits per heavy atom. The van der Waals surface area contributed by atoms with Gasteiger partial charge in [-0.05, 0) is 152 Å². The first-order valence-electron chi connectivity index (χ1n) is 21.7. The molecule has 4 heteroatoms. The normalized spacial score (nSPS) is 19.7. The first kappa shape index (κ1) is 38.3. The van der Waals surface area contributed by atoms with Crippen molar-refractivity contribution < 1.29 is 4.42 Å². The van der Waals surface area contributed by atoms with E-state index in [-0.39, 0.29) is 39.2 Å². The highest BCUT2D eigenvalue weighted by atomic mass is 16.4. The van der Waals surface area contributed by atoms with Crippen molar-refractivity contribution in [2.45, 2.75) is 162 Å². The standard InChI is InChI=1S/C53H65BN2O/c1-32-28-41-44-42(29-32)56(36-21-22-37-38(31-36)51(10,11)25-24-50(37,8)9)47-45(43-46(57-47)53(14,15)27-26-52(43,12)13)54(44)39-30-34(49(5,6)7)18-23-40(39)55(41)35-19-16-33(17-20-35)48(2,3)4/h16-23,28-31H,24-27H2,1-15H3. The minimum atomic E-state index is -0.0771. The quantitative estimate of drug-likeness (QED) is 0.164. The van der Waals surface area contributed by atoms with Crippen LogP contribution in [0.25, 0.3) is 0 Å². The van der Waals surface area contributed by atoms with Crippen molar-refractivity contribution in [2.24, 2.45) is 0 Å². The summed E-state index contributed by atoms with van der Waals surface area (Å²) in [5, 5.41) is 0. The van der Waals surface area contributed by atoms with Crippen molar-refractivity contribution in [1.82, 2.24) is 0 Å². The Hall–Kier alpha value is -4.18. The van der Waals surface area contributed by atoms with Crippen molar-refractivity contribution in [1.29, 1.82) is 0 Å². The van der Waals surface area contributed by atoms with Crippen LogP contribution in [0.2, 0.25) is 0 Å². The van der Waals surface area contributed by atoms with E-state index in [1.165, 1.54) is 96.8 Å². The Kier molecular flexibility index (Phi) is 8.04. The van der Waals surface area contributed by atoms with Crippen LogP contribution in [0, 0.1) is 6.92 Å². The van der Waals surface area contributed by atoms with Crippen LogP contribution in [0.5, 0.6) is 0 Å². The van der Waals surface area contributed by atoms with Crippen LogP contribution in [-0.4, -0.2) is 6.71 Å². The number of fused-ring (bicyclic) bond motifs is 7. The number of nitrogens with zero attached hydrogens (tertiary/aromatic N) is 2. The smallest absolute Gasteiger partial charge is 0.256 e. The molecular weight excluding hydrogens is 691 g/mol. The number of furan rings is 1. The zero-order valence-corrected chi connectivity index (χ0v) is 37.6. The van der Waals surface area contributed by atoms with E-state index in [1.54, 1.807) is 0 Å². The monoisotopic (exact) mass is 757 g/mol. The largest absolute Gasteiger partial charge is 0.444 e. The molecule has 0 unspecified atom stereocenters. The van der Waals surface area contributed by atoms with Gasteiger partial charge < -0.3 is 9.32 Å². The molecule has 9 rings (SSSR count). The highest BCUT2D eigenvalue weighted by Crippen LogP contribution is 2.54. The summed E-state index contributed by atoms with van der Waals surface area (Å²) in [6, 6.07) is 29.0. The van der Waals surface area contributed by atoms with Gasteiger partial charge in [-0.15, -0.1) is 0 Å². The summed E-state index contributed by atoms with van der Waals surface area (Å²) in [6.45, 7) is 35.7. The molecule has 0 atom stereocenters. The second-order valence-electron chi connectivity index (χ2n) is 22.9. The average Bonchev–Trinajstić information content (AvgIpc) is 3.54. The van der Waals surface area contributed by atoms with E-state index in [2.05, 4.69) is 186 Å². The second kappa shape index (κ2) is 12.0. The lowest BCUT2D eigenvalue weighted by Gasteiger charge is -2.45. The molecule has 2 aliphatic carbocycles. The lowest BCUT2D eigenvalue weighted by molar-refractivity contribution is 0.280. The Morgan fingerprint density at radius 2 is 1.07 bits per heavy atom. The molecule has 0 amide bonds. The lowest BCUT2D eigenvalue weighted by atomic mass is 9.32. The number of rotatable bonds is 2. The third-order valence-electron chi connectivity index (χ3n) is 14.7. The van der Waals surface area contributed by atoms with Crippen molar-refractivity contribution in [3.8, 4) is 0 Å². The Balaban J connectivity index is 1.41. The van der Waals surface area contributed by atoms with Gasteiger partial charge in [0.15, 0.2) is 5.88 Å². The van der Waals surface area contributed by atoms with Gasteiger partial charge in [0.05, 0.1) is 0 Å². The highest BCUT2D eigenvalue weighted by Gasteiger charge is 2.53. The minimum absolute atomic E-state index is 0.00503. The maximum Gasteiger partial charge on any atom is 0.256 e. The predicted molar refractivity (Wildman–Crippen MR) is 245 cm³/mol. The molecular formula is C53H65BN2O. The summed E-state index contributed by atoms with van der Waals surface area (Å²) in [6.07, 6.45) is 4.61. The Labute approximate surface area is 344 Å². The molecule has 2 aliphatic heterocycles. The lowest BCUT2D eigenvalue weighted by Crippen LogP contribution is -2.62. The molecule has 0 spiro atoms. The van der Waals surface area contributed by atoms with Crippen LogP contribution in [-0.2, 0) is 32.5 Å². The van der Waals surface area contributed by atoms with E-state index >= 15 is 0 Å². The molecule has 0 N–H and O–H groups in total. The third kappa shape index (κ3) is 5.73. The van der Waals surface area contributed by atoms with Gasteiger partial charge in [-0.3, -0.25) is 4.90 Å². The van der Waals surface area contributed by atoms with Crippen LogP contribution in [0.4, 0.5) is 34.3 Å². The Morgan fingerprint density at radius 3 is 1.70 bits per heavy atom. The summed E-state index contributed by atoms with van der Waals surface area (Å²) in [5.74, 6) is 2.19. The fourth-order valence-electron chi connectivity index (χ4n) is 10.8. The van der Waals surface area contributed by atoms with Gasteiger partial charge in [0, 0.05) is 33.9 Å². The van der Waals surface area contributed by atoms with Gasteiger partial charge in [0.2, 0.25) is 0 Å². The maximum absolute atomic E-state index is 7.56. The number of hydrogen-bond acceptors (Lipinski definition) is 3. The van der Waals surface area contributed by atoms with E-state index in [0.29, 0.717) is 0 Å². The summed E-state index contributed by atoms with van der Waals surface area (Å²) in [4.78, 5) is 5.11. The summed E-state index contributed by atoms with van der Waals surface area (Å²) in [5.41, 5.74) is 18.8.